The lowest BCUT2D eigenvalue weighted by Crippen LogP contribution is -2.45. The van der Waals surface area contributed by atoms with Gasteiger partial charge in [0.1, 0.15) is 6.29 Å². The molecule has 0 bridgehead atoms. The molecule has 0 aromatic heterocycles. The van der Waals surface area contributed by atoms with E-state index in [0.29, 0.717) is 11.3 Å². The van der Waals surface area contributed by atoms with Crippen LogP contribution in [0.4, 0.5) is 0 Å². The van der Waals surface area contributed by atoms with Crippen molar-refractivity contribution in [3.8, 4) is 0 Å². The number of aldehydes is 1. The van der Waals surface area contributed by atoms with E-state index in [-0.39, 0.29) is 5.41 Å². The Hall–Kier alpha value is -0.590. The predicted molar refractivity (Wildman–Crippen MR) is 62.6 cm³/mol. The quantitative estimate of drug-likeness (QED) is 0.597. The third-order valence-electron chi connectivity index (χ3n) is 4.84. The molecule has 0 aromatic carbocycles. The summed E-state index contributed by atoms with van der Waals surface area (Å²) < 4.78 is 0. The molecule has 0 saturated heterocycles. The minimum Gasteiger partial charge on any atom is -0.298 e. The van der Waals surface area contributed by atoms with E-state index in [2.05, 4.69) is 26.8 Å². The summed E-state index contributed by atoms with van der Waals surface area (Å²) in [6.07, 6.45) is 9.42. The van der Waals surface area contributed by atoms with Gasteiger partial charge in [-0.3, -0.25) is 4.79 Å². The summed E-state index contributed by atoms with van der Waals surface area (Å²) in [4.78, 5) is 11.2. The highest BCUT2D eigenvalue weighted by Crippen LogP contribution is 2.57. The van der Waals surface area contributed by atoms with Crippen molar-refractivity contribution in [3.63, 3.8) is 0 Å². The molecule has 2 rings (SSSR count). The van der Waals surface area contributed by atoms with Gasteiger partial charge in [-0.25, -0.2) is 0 Å². The molecule has 0 aromatic rings. The van der Waals surface area contributed by atoms with E-state index in [0.717, 1.165) is 18.3 Å². The van der Waals surface area contributed by atoms with Crippen molar-refractivity contribution in [3.05, 3.63) is 11.6 Å². The second-order valence-electron chi connectivity index (χ2n) is 6.17. The lowest BCUT2D eigenvalue weighted by molar-refractivity contribution is -0.107. The molecule has 1 heteroatoms. The number of hydrogen-bond acceptors (Lipinski definition) is 1. The summed E-state index contributed by atoms with van der Waals surface area (Å²) in [5.41, 5.74) is 1.66. The van der Waals surface area contributed by atoms with Crippen LogP contribution in [0, 0.1) is 16.7 Å². The average Bonchev–Trinajstić information content (AvgIpc) is 2.16. The standard InChI is InChI=1S/C14H22O/c1-13(2)8-5-9-14(3)11(10-15)6-4-7-12(13)14/h6,10,12H,4-5,7-9H2,1-3H3/t12-,14+/m0/s1. The second-order valence-corrected chi connectivity index (χ2v) is 6.17. The van der Waals surface area contributed by atoms with E-state index in [4.69, 9.17) is 0 Å². The van der Waals surface area contributed by atoms with Crippen LogP contribution in [0.15, 0.2) is 11.6 Å². The number of carbonyl (C=O) groups is 1. The van der Waals surface area contributed by atoms with Crippen LogP contribution >= 0.6 is 0 Å². The molecular formula is C14H22O. The Morgan fingerprint density at radius 3 is 2.73 bits per heavy atom. The summed E-state index contributed by atoms with van der Waals surface area (Å²) in [7, 11) is 0. The molecule has 2 aliphatic carbocycles. The van der Waals surface area contributed by atoms with Gasteiger partial charge in [-0.05, 0) is 48.0 Å². The molecule has 1 saturated carbocycles. The molecule has 0 N–H and O–H groups in total. The third-order valence-corrected chi connectivity index (χ3v) is 4.84. The predicted octanol–water partition coefficient (Wildman–Crippen LogP) is 3.74. The Morgan fingerprint density at radius 1 is 1.33 bits per heavy atom. The first-order chi connectivity index (χ1) is 7.00. The molecule has 0 amide bonds. The molecule has 84 valence electrons. The molecule has 0 radical (unpaired) electrons. The van der Waals surface area contributed by atoms with Crippen LogP contribution in [0.3, 0.4) is 0 Å². The normalized spacial score (nSPS) is 39.1. The molecule has 0 heterocycles. The van der Waals surface area contributed by atoms with Crippen LogP contribution in [0.2, 0.25) is 0 Å². The van der Waals surface area contributed by atoms with Crippen LogP contribution in [0.5, 0.6) is 0 Å². The molecule has 2 aliphatic rings. The van der Waals surface area contributed by atoms with Gasteiger partial charge in [0.2, 0.25) is 0 Å². The van der Waals surface area contributed by atoms with Crippen molar-refractivity contribution >= 4 is 6.29 Å². The van der Waals surface area contributed by atoms with E-state index in [1.54, 1.807) is 0 Å². The number of carbonyl (C=O) groups excluding carboxylic acids is 1. The zero-order chi connectivity index (χ0) is 11.1. The number of rotatable bonds is 1. The maximum atomic E-state index is 11.2. The van der Waals surface area contributed by atoms with Gasteiger partial charge in [0.05, 0.1) is 0 Å². The Labute approximate surface area is 92.9 Å². The summed E-state index contributed by atoms with van der Waals surface area (Å²) >= 11 is 0. The van der Waals surface area contributed by atoms with Crippen LogP contribution < -0.4 is 0 Å². The van der Waals surface area contributed by atoms with Gasteiger partial charge in [0, 0.05) is 0 Å². The fourth-order valence-corrected chi connectivity index (χ4v) is 4.00. The van der Waals surface area contributed by atoms with E-state index in [9.17, 15) is 4.79 Å². The highest BCUT2D eigenvalue weighted by molar-refractivity contribution is 5.75. The summed E-state index contributed by atoms with van der Waals surface area (Å²) in [5, 5.41) is 0. The molecular weight excluding hydrogens is 184 g/mol. The van der Waals surface area contributed by atoms with Crippen molar-refractivity contribution < 1.29 is 4.79 Å². The lowest BCUT2D eigenvalue weighted by Gasteiger charge is -2.53. The van der Waals surface area contributed by atoms with Gasteiger partial charge in [-0.15, -0.1) is 0 Å². The lowest BCUT2D eigenvalue weighted by atomic mass is 9.51. The first-order valence-corrected chi connectivity index (χ1v) is 6.16. The molecule has 1 fully saturated rings. The zero-order valence-electron chi connectivity index (χ0n) is 10.2. The Bertz CT molecular complexity index is 300. The van der Waals surface area contributed by atoms with Crippen LogP contribution in [-0.4, -0.2) is 6.29 Å². The van der Waals surface area contributed by atoms with E-state index < -0.39 is 0 Å². The van der Waals surface area contributed by atoms with Crippen molar-refractivity contribution in [2.75, 3.05) is 0 Å². The first-order valence-electron chi connectivity index (χ1n) is 6.16. The van der Waals surface area contributed by atoms with Gasteiger partial charge in [0.15, 0.2) is 0 Å². The number of fused-ring (bicyclic) bond motifs is 1. The third kappa shape index (κ3) is 1.56. The largest absolute Gasteiger partial charge is 0.298 e. The minimum atomic E-state index is 0.168. The molecule has 0 unspecified atom stereocenters. The molecule has 0 spiro atoms. The van der Waals surface area contributed by atoms with E-state index in [1.165, 1.54) is 25.7 Å². The van der Waals surface area contributed by atoms with Crippen molar-refractivity contribution in [2.24, 2.45) is 16.7 Å². The summed E-state index contributed by atoms with van der Waals surface area (Å²) in [6.45, 7) is 7.06. The highest BCUT2D eigenvalue weighted by Gasteiger charge is 2.48. The smallest absolute Gasteiger partial charge is 0.146 e. The summed E-state index contributed by atoms with van der Waals surface area (Å²) in [5.74, 6) is 0.698. The average molecular weight is 206 g/mol. The van der Waals surface area contributed by atoms with Gasteiger partial charge in [0.25, 0.3) is 0 Å². The molecule has 0 aliphatic heterocycles. The zero-order valence-corrected chi connectivity index (χ0v) is 10.2. The van der Waals surface area contributed by atoms with E-state index >= 15 is 0 Å². The van der Waals surface area contributed by atoms with Crippen molar-refractivity contribution in [2.45, 2.75) is 52.9 Å². The minimum absolute atomic E-state index is 0.168. The van der Waals surface area contributed by atoms with E-state index in [1.807, 2.05) is 0 Å². The summed E-state index contributed by atoms with van der Waals surface area (Å²) in [6, 6.07) is 0. The van der Waals surface area contributed by atoms with Gasteiger partial charge in [-0.2, -0.15) is 0 Å². The van der Waals surface area contributed by atoms with Gasteiger partial charge < -0.3 is 0 Å². The Balaban J connectivity index is 2.39. The highest BCUT2D eigenvalue weighted by atomic mass is 16.1. The van der Waals surface area contributed by atoms with Crippen LogP contribution in [0.25, 0.3) is 0 Å². The molecule has 2 atom stereocenters. The Kier molecular flexibility index (Phi) is 2.52. The monoisotopic (exact) mass is 206 g/mol. The van der Waals surface area contributed by atoms with Crippen molar-refractivity contribution in [1.29, 1.82) is 0 Å². The van der Waals surface area contributed by atoms with Crippen molar-refractivity contribution in [1.82, 2.24) is 0 Å². The van der Waals surface area contributed by atoms with Gasteiger partial charge >= 0.3 is 0 Å². The molecule has 1 nitrogen and oxygen atoms in total. The number of allylic oxidation sites excluding steroid dienone is 2. The first kappa shape index (κ1) is 10.9. The molecule has 15 heavy (non-hydrogen) atoms. The second kappa shape index (κ2) is 3.47. The Morgan fingerprint density at radius 2 is 2.07 bits per heavy atom. The maximum Gasteiger partial charge on any atom is 0.146 e. The van der Waals surface area contributed by atoms with Crippen LogP contribution in [0.1, 0.15) is 52.9 Å². The van der Waals surface area contributed by atoms with Gasteiger partial charge in [-0.1, -0.05) is 33.3 Å². The maximum absolute atomic E-state index is 11.2. The fourth-order valence-electron chi connectivity index (χ4n) is 4.00. The SMILES string of the molecule is CC1(C)CCC[C@]2(C)C(C=O)=CCC[C@@H]12. The topological polar surface area (TPSA) is 17.1 Å². The fraction of sp³-hybridized carbons (Fsp3) is 0.786. The van der Waals surface area contributed by atoms with Crippen LogP contribution in [-0.2, 0) is 4.79 Å². The number of hydrogen-bond donors (Lipinski definition) is 0.